The van der Waals surface area contributed by atoms with Gasteiger partial charge in [0.15, 0.2) is 6.10 Å². The predicted octanol–water partition coefficient (Wildman–Crippen LogP) is 7.36. The van der Waals surface area contributed by atoms with Gasteiger partial charge in [0.05, 0.1) is 37.6 Å². The van der Waals surface area contributed by atoms with Crippen molar-refractivity contribution in [3.05, 3.63) is 54.3 Å². The number of benzene rings is 2. The fourth-order valence-corrected chi connectivity index (χ4v) is 4.85. The zero-order chi connectivity index (χ0) is 22.2. The molecule has 3 aromatic rings. The highest BCUT2D eigenvalue weighted by Crippen LogP contribution is 2.43. The van der Waals surface area contributed by atoms with Crippen LogP contribution in [0.2, 0.25) is 25.1 Å². The van der Waals surface area contributed by atoms with Crippen LogP contribution in [0.1, 0.15) is 16.6 Å². The molecule has 0 aliphatic rings. The number of hydrogen-bond acceptors (Lipinski definition) is 5. The van der Waals surface area contributed by atoms with Gasteiger partial charge in [-0.05, 0) is 31.2 Å². The van der Waals surface area contributed by atoms with Crippen molar-refractivity contribution in [3.63, 3.8) is 0 Å². The summed E-state index contributed by atoms with van der Waals surface area (Å²) in [5.41, 5.74) is 0.234. The van der Waals surface area contributed by atoms with Crippen molar-refractivity contribution in [3.8, 4) is 5.75 Å². The van der Waals surface area contributed by atoms with Crippen molar-refractivity contribution in [2.24, 2.45) is 0 Å². The Hall–Kier alpha value is -1.41. The van der Waals surface area contributed by atoms with Crippen LogP contribution in [-0.2, 0) is 9.53 Å². The highest BCUT2D eigenvalue weighted by atomic mass is 35.5. The van der Waals surface area contributed by atoms with Crippen molar-refractivity contribution in [2.75, 3.05) is 12.4 Å². The van der Waals surface area contributed by atoms with E-state index < -0.39 is 18.0 Å². The van der Waals surface area contributed by atoms with E-state index in [-0.39, 0.29) is 30.7 Å². The lowest BCUT2D eigenvalue weighted by Crippen LogP contribution is -2.30. The van der Waals surface area contributed by atoms with Gasteiger partial charge in [-0.2, -0.15) is 0 Å². The van der Waals surface area contributed by atoms with Crippen molar-refractivity contribution in [1.29, 1.82) is 0 Å². The number of thiophene rings is 1. The first-order valence-electron chi connectivity index (χ1n) is 8.25. The fourth-order valence-electron chi connectivity index (χ4n) is 2.49. The van der Waals surface area contributed by atoms with Crippen LogP contribution >= 0.6 is 69.3 Å². The van der Waals surface area contributed by atoms with Gasteiger partial charge in [0.1, 0.15) is 15.6 Å². The molecule has 1 aromatic heterocycles. The third-order valence-electron chi connectivity index (χ3n) is 4.03. The molecule has 158 valence electrons. The number of halogens is 5. The van der Waals surface area contributed by atoms with Gasteiger partial charge in [0.2, 0.25) is 0 Å². The van der Waals surface area contributed by atoms with Gasteiger partial charge in [0, 0.05) is 5.39 Å². The van der Waals surface area contributed by atoms with Crippen LogP contribution < -0.4 is 10.1 Å². The van der Waals surface area contributed by atoms with E-state index in [0.717, 1.165) is 11.3 Å². The highest BCUT2D eigenvalue weighted by Gasteiger charge is 2.25. The molecular weight excluding hydrogens is 516 g/mol. The average molecular weight is 528 g/mol. The van der Waals surface area contributed by atoms with E-state index in [4.69, 9.17) is 67.5 Å². The molecule has 0 fully saturated rings. The number of nitrogens with one attached hydrogen (secondary N) is 1. The maximum absolute atomic E-state index is 12.6. The molecule has 1 unspecified atom stereocenters. The van der Waals surface area contributed by atoms with Gasteiger partial charge >= 0.3 is 5.97 Å². The molecule has 30 heavy (non-hydrogen) atoms. The average Bonchev–Trinajstić information content (AvgIpc) is 3.04. The Morgan fingerprint density at radius 1 is 1.00 bits per heavy atom. The number of esters is 1. The van der Waals surface area contributed by atoms with E-state index >= 15 is 0 Å². The number of methoxy groups -OCH3 is 1. The Labute approximate surface area is 200 Å². The molecule has 1 amide bonds. The monoisotopic (exact) mass is 525 g/mol. The van der Waals surface area contributed by atoms with Gasteiger partial charge in [-0.25, -0.2) is 4.79 Å². The lowest BCUT2D eigenvalue weighted by molar-refractivity contribution is -0.123. The van der Waals surface area contributed by atoms with E-state index in [1.807, 2.05) is 0 Å². The van der Waals surface area contributed by atoms with E-state index in [2.05, 4.69) is 5.32 Å². The zero-order valence-corrected chi connectivity index (χ0v) is 19.9. The molecule has 5 nitrogen and oxygen atoms in total. The molecule has 1 heterocycles. The molecule has 0 saturated carbocycles. The quantitative estimate of drug-likeness (QED) is 0.278. The Morgan fingerprint density at radius 3 is 2.33 bits per heavy atom. The summed E-state index contributed by atoms with van der Waals surface area (Å²) in [5, 5.41) is 4.29. The van der Waals surface area contributed by atoms with Crippen LogP contribution in [0.25, 0.3) is 10.1 Å². The maximum Gasteiger partial charge on any atom is 0.350 e. The number of anilines is 1. The van der Waals surface area contributed by atoms with E-state index in [1.165, 1.54) is 26.2 Å². The molecule has 2 aromatic carbocycles. The Morgan fingerprint density at radius 2 is 1.67 bits per heavy atom. The molecule has 0 spiro atoms. The number of hydrogen-bond donors (Lipinski definition) is 1. The highest BCUT2D eigenvalue weighted by molar-refractivity contribution is 7.22. The first-order valence-corrected chi connectivity index (χ1v) is 11.0. The lowest BCUT2D eigenvalue weighted by atomic mass is 10.2. The van der Waals surface area contributed by atoms with Gasteiger partial charge in [-0.15, -0.1) is 11.3 Å². The summed E-state index contributed by atoms with van der Waals surface area (Å²) in [6.45, 7) is 1.41. The summed E-state index contributed by atoms with van der Waals surface area (Å²) in [6, 6.07) is 6.14. The van der Waals surface area contributed by atoms with Crippen LogP contribution in [-0.4, -0.2) is 25.1 Å². The number of rotatable bonds is 5. The molecule has 3 rings (SSSR count). The summed E-state index contributed by atoms with van der Waals surface area (Å²) >= 11 is 31.5. The number of fused-ring (bicyclic) bond motifs is 1. The molecule has 0 aliphatic carbocycles. The SMILES string of the molecule is COc1ccc2c(Cl)c(C(=O)OC(C)C(=O)Nc3cc(Cl)c(Cl)cc3Cl)sc2c1Cl. The van der Waals surface area contributed by atoms with E-state index in [0.29, 0.717) is 20.9 Å². The van der Waals surface area contributed by atoms with Gasteiger partial charge in [-0.3, -0.25) is 4.79 Å². The van der Waals surface area contributed by atoms with Crippen molar-refractivity contribution in [1.82, 2.24) is 0 Å². The minimum Gasteiger partial charge on any atom is -0.495 e. The third-order valence-corrected chi connectivity index (χ3v) is 7.26. The molecule has 1 N–H and O–H groups in total. The minimum absolute atomic E-state index is 0.119. The van der Waals surface area contributed by atoms with Crippen LogP contribution in [0.3, 0.4) is 0 Å². The van der Waals surface area contributed by atoms with Crippen molar-refractivity contribution < 1.29 is 19.1 Å². The molecule has 0 aliphatic heterocycles. The Balaban J connectivity index is 1.78. The Kier molecular flexibility index (Phi) is 7.28. The predicted molar refractivity (Wildman–Crippen MR) is 123 cm³/mol. The van der Waals surface area contributed by atoms with Crippen molar-refractivity contribution in [2.45, 2.75) is 13.0 Å². The normalized spacial score (nSPS) is 12.0. The summed E-state index contributed by atoms with van der Waals surface area (Å²) in [5.74, 6) is -0.923. The second-order valence-electron chi connectivity index (χ2n) is 5.99. The largest absolute Gasteiger partial charge is 0.495 e. The van der Waals surface area contributed by atoms with Crippen LogP contribution in [0.5, 0.6) is 5.75 Å². The molecule has 0 radical (unpaired) electrons. The van der Waals surface area contributed by atoms with Gasteiger partial charge < -0.3 is 14.8 Å². The molecule has 1 atom stereocenters. The van der Waals surface area contributed by atoms with Crippen LogP contribution in [0.15, 0.2) is 24.3 Å². The van der Waals surface area contributed by atoms with Crippen molar-refractivity contribution >= 4 is 97.0 Å². The smallest absolute Gasteiger partial charge is 0.350 e. The first kappa shape index (κ1) is 23.3. The van der Waals surface area contributed by atoms with Crippen LogP contribution in [0, 0.1) is 0 Å². The minimum atomic E-state index is -1.14. The topological polar surface area (TPSA) is 64.6 Å². The number of carbonyl (C=O) groups is 2. The maximum atomic E-state index is 12.6. The van der Waals surface area contributed by atoms with E-state index in [1.54, 1.807) is 12.1 Å². The fraction of sp³-hybridized carbons (Fsp3) is 0.158. The van der Waals surface area contributed by atoms with Gasteiger partial charge in [0.25, 0.3) is 5.91 Å². The molecular formula is C19H12Cl5NO4S. The second-order valence-corrected chi connectivity index (χ2v) is 8.98. The summed E-state index contributed by atoms with van der Waals surface area (Å²) in [7, 11) is 1.48. The third kappa shape index (κ3) is 4.59. The molecule has 0 saturated heterocycles. The number of carbonyl (C=O) groups excluding carboxylic acids is 2. The summed E-state index contributed by atoms with van der Waals surface area (Å²) < 4.78 is 11.0. The van der Waals surface area contributed by atoms with E-state index in [9.17, 15) is 9.59 Å². The number of ether oxygens (including phenoxy) is 2. The summed E-state index contributed by atoms with van der Waals surface area (Å²) in [6.07, 6.45) is -1.14. The standard InChI is InChI=1S/C19H12Cl5NO4S/c1-7(18(26)25-12-6-10(21)9(20)5-11(12)22)29-19(27)17-14(23)8-3-4-13(28-2)15(24)16(8)30-17/h3-7H,1-2H3,(H,25,26). The number of amides is 1. The van der Waals surface area contributed by atoms with Gasteiger partial charge in [-0.1, -0.05) is 58.0 Å². The van der Waals surface area contributed by atoms with Crippen LogP contribution in [0.4, 0.5) is 5.69 Å². The zero-order valence-electron chi connectivity index (χ0n) is 15.3. The lowest BCUT2D eigenvalue weighted by Gasteiger charge is -2.14. The molecule has 11 heteroatoms. The summed E-state index contributed by atoms with van der Waals surface area (Å²) in [4.78, 5) is 25.2. The second kappa shape index (κ2) is 9.39. The first-order chi connectivity index (χ1) is 14.1. The molecule has 0 bridgehead atoms. The Bertz CT molecular complexity index is 1160.